The molecule has 23 heavy (non-hydrogen) atoms. The van der Waals surface area contributed by atoms with Gasteiger partial charge in [-0.3, -0.25) is 0 Å². The van der Waals surface area contributed by atoms with Gasteiger partial charge in [-0.25, -0.2) is 4.79 Å². The molecular formula is C17H27ClN2O3. The third-order valence-corrected chi connectivity index (χ3v) is 3.60. The molecule has 0 heterocycles. The smallest absolute Gasteiger partial charge is 0.410 e. The minimum absolute atomic E-state index is 0.0552. The molecule has 0 saturated carbocycles. The molecule has 0 saturated heterocycles. The van der Waals surface area contributed by atoms with Crippen molar-refractivity contribution in [2.24, 2.45) is 0 Å². The average molecular weight is 343 g/mol. The summed E-state index contributed by atoms with van der Waals surface area (Å²) in [4.78, 5) is 15.8. The Balaban J connectivity index is 2.72. The summed E-state index contributed by atoms with van der Waals surface area (Å²) < 4.78 is 5.40. The van der Waals surface area contributed by atoms with Crippen molar-refractivity contribution in [3.8, 4) is 0 Å². The summed E-state index contributed by atoms with van der Waals surface area (Å²) in [5.74, 6) is 0. The van der Waals surface area contributed by atoms with Crippen LogP contribution in [0.15, 0.2) is 18.2 Å². The Morgan fingerprint density at radius 2 is 1.96 bits per heavy atom. The number of aliphatic hydroxyl groups excluding tert-OH is 1. The molecule has 0 atom stereocenters. The maximum Gasteiger partial charge on any atom is 0.410 e. The van der Waals surface area contributed by atoms with Crippen LogP contribution in [0.25, 0.3) is 0 Å². The summed E-state index contributed by atoms with van der Waals surface area (Å²) in [6.07, 6.45) is -0.318. The lowest BCUT2D eigenvalue weighted by Crippen LogP contribution is -2.40. The molecule has 0 aliphatic carbocycles. The fourth-order valence-corrected chi connectivity index (χ4v) is 2.29. The molecule has 1 rings (SSSR count). The number of anilines is 1. The number of aliphatic hydroxyl groups is 1. The van der Waals surface area contributed by atoms with Gasteiger partial charge in [-0.1, -0.05) is 17.7 Å². The number of rotatable bonds is 6. The predicted octanol–water partition coefficient (Wildman–Crippen LogP) is 3.53. The van der Waals surface area contributed by atoms with Gasteiger partial charge in [0.1, 0.15) is 5.60 Å². The highest BCUT2D eigenvalue weighted by molar-refractivity contribution is 6.30. The molecule has 0 spiro atoms. The van der Waals surface area contributed by atoms with Crippen LogP contribution in [0.1, 0.15) is 33.3 Å². The molecular weight excluding hydrogens is 316 g/mol. The van der Waals surface area contributed by atoms with Crippen molar-refractivity contribution < 1.29 is 14.6 Å². The van der Waals surface area contributed by atoms with Gasteiger partial charge < -0.3 is 19.6 Å². The fourth-order valence-electron chi connectivity index (χ4n) is 2.12. The van der Waals surface area contributed by atoms with E-state index in [1.807, 2.05) is 45.7 Å². The highest BCUT2D eigenvalue weighted by Crippen LogP contribution is 2.24. The Bertz CT molecular complexity index is 529. The summed E-state index contributed by atoms with van der Waals surface area (Å²) in [6.45, 7) is 9.13. The molecule has 1 amide bonds. The Labute approximate surface area is 143 Å². The maximum absolute atomic E-state index is 12.1. The third-order valence-electron chi connectivity index (χ3n) is 3.37. The number of likely N-dealkylation sites (N-methyl/N-ethyl adjacent to an activating group) is 2. The lowest BCUT2D eigenvalue weighted by Gasteiger charge is -2.29. The minimum Gasteiger partial charge on any atom is -0.444 e. The first-order valence-electron chi connectivity index (χ1n) is 7.76. The molecule has 1 aromatic carbocycles. The average Bonchev–Trinajstić information content (AvgIpc) is 2.45. The Hall–Kier alpha value is -1.46. The summed E-state index contributed by atoms with van der Waals surface area (Å²) in [6, 6.07) is 5.37. The highest BCUT2D eigenvalue weighted by Gasteiger charge is 2.21. The van der Waals surface area contributed by atoms with Gasteiger partial charge in [-0.2, -0.15) is 0 Å². The molecule has 130 valence electrons. The molecule has 6 heteroatoms. The number of benzene rings is 1. The van der Waals surface area contributed by atoms with Gasteiger partial charge in [0.05, 0.1) is 6.61 Å². The van der Waals surface area contributed by atoms with Crippen LogP contribution in [0, 0.1) is 0 Å². The third kappa shape index (κ3) is 6.28. The van der Waals surface area contributed by atoms with E-state index in [1.54, 1.807) is 17.0 Å². The van der Waals surface area contributed by atoms with E-state index in [0.29, 0.717) is 24.7 Å². The maximum atomic E-state index is 12.1. The van der Waals surface area contributed by atoms with Crippen LogP contribution in [0.2, 0.25) is 5.02 Å². The van der Waals surface area contributed by atoms with Crippen LogP contribution in [0.3, 0.4) is 0 Å². The molecule has 0 unspecified atom stereocenters. The zero-order valence-corrected chi connectivity index (χ0v) is 15.4. The minimum atomic E-state index is -0.507. The number of nitrogens with zero attached hydrogens (tertiary/aromatic N) is 2. The SMILES string of the molecule is CCN(CCN(C)c1cc(Cl)ccc1CO)C(=O)OC(C)(C)C. The van der Waals surface area contributed by atoms with E-state index in [-0.39, 0.29) is 12.7 Å². The van der Waals surface area contributed by atoms with E-state index < -0.39 is 5.60 Å². The van der Waals surface area contributed by atoms with Gasteiger partial charge in [0.2, 0.25) is 0 Å². The summed E-state index contributed by atoms with van der Waals surface area (Å²) in [7, 11) is 1.91. The summed E-state index contributed by atoms with van der Waals surface area (Å²) in [5, 5.41) is 10.1. The first-order valence-corrected chi connectivity index (χ1v) is 8.14. The number of amides is 1. The molecule has 1 N–H and O–H groups in total. The predicted molar refractivity (Wildman–Crippen MR) is 94.1 cm³/mol. The molecule has 1 aromatic rings. The number of carbonyl (C=O) groups excluding carboxylic acids is 1. The van der Waals surface area contributed by atoms with E-state index in [4.69, 9.17) is 16.3 Å². The second-order valence-electron chi connectivity index (χ2n) is 6.41. The Kier molecular flexibility index (Phi) is 7.16. The van der Waals surface area contributed by atoms with Crippen LogP contribution in [-0.4, -0.2) is 48.4 Å². The van der Waals surface area contributed by atoms with Crippen molar-refractivity contribution in [1.82, 2.24) is 4.90 Å². The second-order valence-corrected chi connectivity index (χ2v) is 6.85. The molecule has 0 fully saturated rings. The number of hydrogen-bond acceptors (Lipinski definition) is 4. The largest absolute Gasteiger partial charge is 0.444 e. The van der Waals surface area contributed by atoms with Crippen LogP contribution in [0.4, 0.5) is 10.5 Å². The molecule has 5 nitrogen and oxygen atoms in total. The van der Waals surface area contributed by atoms with Crippen molar-refractivity contribution >= 4 is 23.4 Å². The zero-order valence-electron chi connectivity index (χ0n) is 14.6. The standard InChI is InChI=1S/C17H27ClN2O3/c1-6-20(16(22)23-17(2,3)4)10-9-19(5)15-11-14(18)8-7-13(15)12-21/h7-8,11,21H,6,9-10,12H2,1-5H3. The lowest BCUT2D eigenvalue weighted by molar-refractivity contribution is 0.0265. The molecule has 0 aliphatic rings. The van der Waals surface area contributed by atoms with Crippen LogP contribution >= 0.6 is 11.6 Å². The molecule has 0 aliphatic heterocycles. The van der Waals surface area contributed by atoms with Crippen molar-refractivity contribution in [2.75, 3.05) is 31.6 Å². The van der Waals surface area contributed by atoms with Gasteiger partial charge in [0.15, 0.2) is 0 Å². The van der Waals surface area contributed by atoms with Crippen LogP contribution in [0.5, 0.6) is 0 Å². The number of carbonyl (C=O) groups is 1. The van der Waals surface area contributed by atoms with Gasteiger partial charge in [0, 0.05) is 43.0 Å². The lowest BCUT2D eigenvalue weighted by atomic mass is 10.1. The van der Waals surface area contributed by atoms with E-state index in [2.05, 4.69) is 0 Å². The first kappa shape index (κ1) is 19.6. The zero-order chi connectivity index (χ0) is 17.6. The van der Waals surface area contributed by atoms with E-state index in [1.165, 1.54) is 0 Å². The summed E-state index contributed by atoms with van der Waals surface area (Å²) in [5.41, 5.74) is 1.16. The fraction of sp³-hybridized carbons (Fsp3) is 0.588. The van der Waals surface area contributed by atoms with E-state index >= 15 is 0 Å². The van der Waals surface area contributed by atoms with Gasteiger partial charge >= 0.3 is 6.09 Å². The molecule has 0 radical (unpaired) electrons. The second kappa shape index (κ2) is 8.41. The van der Waals surface area contributed by atoms with Gasteiger partial charge in [-0.15, -0.1) is 0 Å². The quantitative estimate of drug-likeness (QED) is 0.859. The number of ether oxygens (including phenoxy) is 1. The highest BCUT2D eigenvalue weighted by atomic mass is 35.5. The molecule has 0 aromatic heterocycles. The summed E-state index contributed by atoms with van der Waals surface area (Å²) >= 11 is 6.04. The van der Waals surface area contributed by atoms with Crippen molar-refractivity contribution in [3.63, 3.8) is 0 Å². The molecule has 0 bridgehead atoms. The van der Waals surface area contributed by atoms with Crippen molar-refractivity contribution in [1.29, 1.82) is 0 Å². The van der Waals surface area contributed by atoms with E-state index in [9.17, 15) is 9.90 Å². The topological polar surface area (TPSA) is 53.0 Å². The van der Waals surface area contributed by atoms with Gasteiger partial charge in [-0.05, 0) is 39.8 Å². The monoisotopic (exact) mass is 342 g/mol. The number of halogens is 1. The van der Waals surface area contributed by atoms with E-state index in [0.717, 1.165) is 11.3 Å². The van der Waals surface area contributed by atoms with Gasteiger partial charge in [0.25, 0.3) is 0 Å². The van der Waals surface area contributed by atoms with Crippen molar-refractivity contribution in [3.05, 3.63) is 28.8 Å². The first-order chi connectivity index (χ1) is 10.7. The van der Waals surface area contributed by atoms with Crippen molar-refractivity contribution in [2.45, 2.75) is 39.9 Å². The van der Waals surface area contributed by atoms with Crippen LogP contribution in [-0.2, 0) is 11.3 Å². The Morgan fingerprint density at radius 3 is 2.48 bits per heavy atom. The number of hydrogen-bond donors (Lipinski definition) is 1. The normalized spacial score (nSPS) is 11.3. The van der Waals surface area contributed by atoms with Crippen LogP contribution < -0.4 is 4.90 Å². The Morgan fingerprint density at radius 1 is 1.30 bits per heavy atom.